The molecule has 2 aromatic heterocycles. The summed E-state index contributed by atoms with van der Waals surface area (Å²) in [7, 11) is 0. The van der Waals surface area contributed by atoms with Crippen molar-refractivity contribution in [2.24, 2.45) is 5.92 Å². The molecule has 0 spiro atoms. The van der Waals surface area contributed by atoms with Crippen LogP contribution in [0.25, 0.3) is 0 Å². The van der Waals surface area contributed by atoms with Crippen LogP contribution < -0.4 is 0 Å². The van der Waals surface area contributed by atoms with Crippen LogP contribution in [0.2, 0.25) is 5.02 Å². The van der Waals surface area contributed by atoms with E-state index in [0.717, 1.165) is 49.5 Å². The topological polar surface area (TPSA) is 60.2 Å². The van der Waals surface area contributed by atoms with Crippen molar-refractivity contribution in [1.82, 2.24) is 19.4 Å². The smallest absolute Gasteiger partial charge is 0.410 e. The summed E-state index contributed by atoms with van der Waals surface area (Å²) in [5.74, 6) is 2.03. The molecule has 0 radical (unpaired) electrons. The molecule has 5 rings (SSSR count). The number of likely N-dealkylation sites (tertiary alicyclic amines) is 1. The Labute approximate surface area is 231 Å². The third-order valence-electron chi connectivity index (χ3n) is 8.05. The first-order chi connectivity index (χ1) is 18.2. The minimum absolute atomic E-state index is 0.195. The second-order valence-corrected chi connectivity index (χ2v) is 12.3. The summed E-state index contributed by atoms with van der Waals surface area (Å²) >= 11 is 6.53. The van der Waals surface area contributed by atoms with Crippen LogP contribution in [0.15, 0.2) is 48.9 Å². The fourth-order valence-corrected chi connectivity index (χ4v) is 6.43. The molecule has 1 aromatic carbocycles. The van der Waals surface area contributed by atoms with Crippen LogP contribution in [-0.2, 0) is 17.7 Å². The van der Waals surface area contributed by atoms with Crippen molar-refractivity contribution in [3.05, 3.63) is 82.2 Å². The molecule has 7 heteroatoms. The Bertz CT molecular complexity index is 1270. The van der Waals surface area contributed by atoms with Gasteiger partial charge in [0.15, 0.2) is 0 Å². The van der Waals surface area contributed by atoms with Crippen LogP contribution in [0.3, 0.4) is 0 Å². The fourth-order valence-electron chi connectivity index (χ4n) is 6.24. The van der Waals surface area contributed by atoms with Crippen molar-refractivity contribution in [2.75, 3.05) is 13.1 Å². The van der Waals surface area contributed by atoms with Gasteiger partial charge in [-0.15, -0.1) is 0 Å². The van der Waals surface area contributed by atoms with Gasteiger partial charge >= 0.3 is 6.09 Å². The summed E-state index contributed by atoms with van der Waals surface area (Å²) in [5.41, 5.74) is 4.76. The number of imidazole rings is 1. The molecule has 1 amide bonds. The lowest BCUT2D eigenvalue weighted by Crippen LogP contribution is -2.42. The minimum atomic E-state index is -0.484. The van der Waals surface area contributed by atoms with Crippen LogP contribution in [-0.4, -0.2) is 44.2 Å². The molecular weight excluding hydrogens is 496 g/mol. The van der Waals surface area contributed by atoms with E-state index < -0.39 is 5.60 Å². The zero-order chi connectivity index (χ0) is 26.9. The first kappa shape index (κ1) is 26.7. The number of pyridine rings is 1. The summed E-state index contributed by atoms with van der Waals surface area (Å²) in [6, 6.07) is 10.8. The number of hydrogen-bond donors (Lipinski definition) is 0. The van der Waals surface area contributed by atoms with E-state index in [1.54, 1.807) is 0 Å². The first-order valence-electron chi connectivity index (χ1n) is 13.9. The number of hydrogen-bond acceptors (Lipinski definition) is 4. The molecule has 0 saturated carbocycles. The molecule has 1 fully saturated rings. The van der Waals surface area contributed by atoms with Gasteiger partial charge in [0.1, 0.15) is 11.4 Å². The van der Waals surface area contributed by atoms with Gasteiger partial charge in [0.05, 0.1) is 5.69 Å². The quantitative estimate of drug-likeness (QED) is 0.349. The van der Waals surface area contributed by atoms with Gasteiger partial charge < -0.3 is 14.2 Å². The van der Waals surface area contributed by atoms with Crippen molar-refractivity contribution >= 4 is 17.7 Å². The number of carbonyl (C=O) groups is 1. The Kier molecular flexibility index (Phi) is 7.80. The van der Waals surface area contributed by atoms with Crippen molar-refractivity contribution in [1.29, 1.82) is 0 Å². The summed E-state index contributed by atoms with van der Waals surface area (Å²) in [6.45, 7) is 10.2. The molecule has 1 saturated heterocycles. The van der Waals surface area contributed by atoms with Gasteiger partial charge in [0.2, 0.25) is 0 Å². The lowest BCUT2D eigenvalue weighted by atomic mass is 9.76. The van der Waals surface area contributed by atoms with Crippen LogP contribution >= 0.6 is 11.6 Å². The van der Waals surface area contributed by atoms with E-state index >= 15 is 0 Å². The molecule has 1 aliphatic carbocycles. The largest absolute Gasteiger partial charge is 0.444 e. The van der Waals surface area contributed by atoms with E-state index in [1.807, 2.05) is 44.1 Å². The summed E-state index contributed by atoms with van der Waals surface area (Å²) in [5, 5.41) is 0.786. The molecule has 0 N–H and O–H groups in total. The number of carbonyl (C=O) groups excluding carboxylic acids is 1. The maximum absolute atomic E-state index is 12.7. The number of aromatic nitrogens is 3. The van der Waals surface area contributed by atoms with Crippen LogP contribution in [0.5, 0.6) is 0 Å². The SMILES string of the molecule is Cc1nccn1CCCC1Cc2cc(Cl)ccc2C(C2CCN(C(=O)OC(C)(C)C)CC2)c2ncccc21. The highest BCUT2D eigenvalue weighted by Gasteiger charge is 2.37. The summed E-state index contributed by atoms with van der Waals surface area (Å²) < 4.78 is 7.87. The average Bonchev–Trinajstić information content (AvgIpc) is 3.23. The van der Waals surface area contributed by atoms with Gasteiger partial charge in [0.25, 0.3) is 0 Å². The molecule has 202 valence electrons. The maximum Gasteiger partial charge on any atom is 0.410 e. The predicted octanol–water partition coefficient (Wildman–Crippen LogP) is 7.14. The minimum Gasteiger partial charge on any atom is -0.444 e. The van der Waals surface area contributed by atoms with Crippen molar-refractivity contribution < 1.29 is 9.53 Å². The number of nitrogens with zero attached hydrogens (tertiary/aromatic N) is 4. The zero-order valence-corrected chi connectivity index (χ0v) is 23.7. The predicted molar refractivity (Wildman–Crippen MR) is 151 cm³/mol. The van der Waals surface area contributed by atoms with Gasteiger partial charge in [-0.2, -0.15) is 0 Å². The molecule has 2 aliphatic rings. The lowest BCUT2D eigenvalue weighted by molar-refractivity contribution is 0.0178. The number of ether oxygens (including phenoxy) is 1. The van der Waals surface area contributed by atoms with E-state index in [4.69, 9.17) is 21.3 Å². The number of benzene rings is 1. The third kappa shape index (κ3) is 5.90. The van der Waals surface area contributed by atoms with E-state index in [2.05, 4.69) is 46.9 Å². The van der Waals surface area contributed by atoms with Crippen LogP contribution in [0.1, 0.15) is 86.5 Å². The number of fused-ring (bicyclic) bond motifs is 2. The molecule has 6 nitrogen and oxygen atoms in total. The van der Waals surface area contributed by atoms with Gasteiger partial charge in [-0.05, 0) is 107 Å². The Balaban J connectivity index is 1.40. The van der Waals surface area contributed by atoms with Gasteiger partial charge in [-0.3, -0.25) is 4.98 Å². The van der Waals surface area contributed by atoms with E-state index in [1.165, 1.54) is 22.4 Å². The molecule has 3 aromatic rings. The first-order valence-corrected chi connectivity index (χ1v) is 14.3. The van der Waals surface area contributed by atoms with Gasteiger partial charge in [-0.25, -0.2) is 9.78 Å². The number of piperidine rings is 1. The highest BCUT2D eigenvalue weighted by molar-refractivity contribution is 6.30. The van der Waals surface area contributed by atoms with Crippen molar-refractivity contribution in [2.45, 2.75) is 83.8 Å². The molecule has 3 heterocycles. The zero-order valence-electron chi connectivity index (χ0n) is 23.0. The summed E-state index contributed by atoms with van der Waals surface area (Å²) in [6.07, 6.45) is 10.6. The Morgan fingerprint density at radius 1 is 1.11 bits per heavy atom. The fraction of sp³-hybridized carbons (Fsp3) is 0.516. The van der Waals surface area contributed by atoms with E-state index in [-0.39, 0.29) is 12.0 Å². The Morgan fingerprint density at radius 3 is 2.61 bits per heavy atom. The second kappa shape index (κ2) is 11.1. The van der Waals surface area contributed by atoms with Crippen LogP contribution in [0, 0.1) is 12.8 Å². The maximum atomic E-state index is 12.7. The molecule has 0 bridgehead atoms. The van der Waals surface area contributed by atoms with Gasteiger partial charge in [-0.1, -0.05) is 23.7 Å². The van der Waals surface area contributed by atoms with Crippen molar-refractivity contribution in [3.63, 3.8) is 0 Å². The lowest BCUT2D eigenvalue weighted by Gasteiger charge is -2.37. The highest BCUT2D eigenvalue weighted by atomic mass is 35.5. The molecular formula is C31H39ClN4O2. The molecule has 2 atom stereocenters. The van der Waals surface area contributed by atoms with E-state index in [9.17, 15) is 4.79 Å². The van der Waals surface area contributed by atoms with E-state index in [0.29, 0.717) is 24.9 Å². The molecule has 1 aliphatic heterocycles. The standard InChI is InChI=1S/C31H39ClN4O2/c1-21-33-14-18-35(21)15-6-7-23-19-24-20-25(32)9-10-26(24)28(29-27(23)8-5-13-34-29)22-11-16-36(17-12-22)30(37)38-31(2,3)4/h5,8-10,13-14,18,20,22-23,28H,6-7,11-12,15-17,19H2,1-4H3. The Morgan fingerprint density at radius 2 is 1.89 bits per heavy atom. The van der Waals surface area contributed by atoms with Crippen LogP contribution in [0.4, 0.5) is 4.79 Å². The highest BCUT2D eigenvalue weighted by Crippen LogP contribution is 2.46. The average molecular weight is 535 g/mol. The van der Waals surface area contributed by atoms with Gasteiger partial charge in [0, 0.05) is 49.2 Å². The molecule has 2 unspecified atom stereocenters. The second-order valence-electron chi connectivity index (χ2n) is 11.8. The Hall–Kier alpha value is -2.86. The molecule has 38 heavy (non-hydrogen) atoms. The number of amides is 1. The normalized spacial score (nSPS) is 20.0. The number of aryl methyl sites for hydroxylation is 2. The number of halogens is 1. The van der Waals surface area contributed by atoms with Crippen molar-refractivity contribution in [3.8, 4) is 0 Å². The third-order valence-corrected chi connectivity index (χ3v) is 8.29. The number of rotatable bonds is 5. The monoisotopic (exact) mass is 534 g/mol. The summed E-state index contributed by atoms with van der Waals surface area (Å²) in [4.78, 5) is 24.0.